The fourth-order valence-electron chi connectivity index (χ4n) is 10.2. The molecule has 1 heterocycles. The Bertz CT molecular complexity index is 3450. The molecule has 278 valence electrons. The summed E-state index contributed by atoms with van der Waals surface area (Å²) in [4.78, 5) is 2.50. The third kappa shape index (κ3) is 4.93. The molecule has 0 aliphatic heterocycles. The SMILES string of the molecule is CC1(C)c2ccccc2-c2ccc(N(c3ccccc3-c3ccccc3)c3ccccc3-c3cccc4c5ccc6oc7ccccc7c6c5c5ccccc5c34)cc21. The van der Waals surface area contributed by atoms with Crippen molar-refractivity contribution in [1.82, 2.24) is 0 Å². The van der Waals surface area contributed by atoms with E-state index in [1.165, 1.54) is 82.2 Å². The predicted octanol–water partition coefficient (Wildman–Crippen LogP) is 16.2. The van der Waals surface area contributed by atoms with Crippen LogP contribution in [0.5, 0.6) is 0 Å². The van der Waals surface area contributed by atoms with E-state index in [1.54, 1.807) is 0 Å². The monoisotopic (exact) mass is 753 g/mol. The molecule has 1 aliphatic rings. The first-order chi connectivity index (χ1) is 29.1. The van der Waals surface area contributed by atoms with Crippen molar-refractivity contribution in [2.45, 2.75) is 19.3 Å². The number of anilines is 3. The predicted molar refractivity (Wildman–Crippen MR) is 249 cm³/mol. The number of para-hydroxylation sites is 3. The van der Waals surface area contributed by atoms with E-state index in [9.17, 15) is 0 Å². The molecule has 0 fully saturated rings. The minimum absolute atomic E-state index is 0.145. The first-order valence-electron chi connectivity index (χ1n) is 20.5. The van der Waals surface area contributed by atoms with Gasteiger partial charge < -0.3 is 9.32 Å². The maximum atomic E-state index is 6.44. The summed E-state index contributed by atoms with van der Waals surface area (Å²) in [6, 6.07) is 73.2. The maximum absolute atomic E-state index is 6.44. The highest BCUT2D eigenvalue weighted by Crippen LogP contribution is 2.53. The molecule has 0 atom stereocenters. The van der Waals surface area contributed by atoms with Crippen molar-refractivity contribution in [2.24, 2.45) is 0 Å². The van der Waals surface area contributed by atoms with Crippen molar-refractivity contribution in [3.05, 3.63) is 211 Å². The van der Waals surface area contributed by atoms with Gasteiger partial charge in [0.1, 0.15) is 11.2 Å². The molecule has 0 unspecified atom stereocenters. The highest BCUT2D eigenvalue weighted by molar-refractivity contribution is 6.36. The Hall–Kier alpha value is -7.42. The largest absolute Gasteiger partial charge is 0.456 e. The van der Waals surface area contributed by atoms with Crippen molar-refractivity contribution in [3.63, 3.8) is 0 Å². The van der Waals surface area contributed by atoms with Gasteiger partial charge in [-0.2, -0.15) is 0 Å². The molecule has 0 saturated carbocycles. The Morgan fingerprint density at radius 3 is 1.71 bits per heavy atom. The molecular formula is C57H39NO. The smallest absolute Gasteiger partial charge is 0.136 e. The second-order valence-electron chi connectivity index (χ2n) is 16.4. The van der Waals surface area contributed by atoms with E-state index in [-0.39, 0.29) is 5.41 Å². The normalized spacial score (nSPS) is 13.1. The van der Waals surface area contributed by atoms with Gasteiger partial charge >= 0.3 is 0 Å². The Morgan fingerprint density at radius 1 is 0.356 bits per heavy atom. The fourth-order valence-corrected chi connectivity index (χ4v) is 10.2. The van der Waals surface area contributed by atoms with Crippen molar-refractivity contribution in [3.8, 4) is 33.4 Å². The van der Waals surface area contributed by atoms with Gasteiger partial charge in [-0.25, -0.2) is 0 Å². The van der Waals surface area contributed by atoms with Crippen molar-refractivity contribution in [1.29, 1.82) is 0 Å². The van der Waals surface area contributed by atoms with Crippen molar-refractivity contribution >= 4 is 71.3 Å². The van der Waals surface area contributed by atoms with Crippen LogP contribution in [0.4, 0.5) is 17.1 Å². The summed E-state index contributed by atoms with van der Waals surface area (Å²) >= 11 is 0. The first-order valence-corrected chi connectivity index (χ1v) is 20.5. The van der Waals surface area contributed by atoms with Crippen LogP contribution in [0.2, 0.25) is 0 Å². The molecule has 2 nitrogen and oxygen atoms in total. The lowest BCUT2D eigenvalue weighted by atomic mass is 9.82. The Morgan fingerprint density at radius 2 is 0.915 bits per heavy atom. The molecular weight excluding hydrogens is 715 g/mol. The average Bonchev–Trinajstić information content (AvgIpc) is 3.79. The summed E-state index contributed by atoms with van der Waals surface area (Å²) in [5, 5.41) is 9.71. The number of furan rings is 1. The van der Waals surface area contributed by atoms with E-state index in [4.69, 9.17) is 4.42 Å². The molecule has 2 heteroatoms. The summed E-state index contributed by atoms with van der Waals surface area (Å²) in [5.74, 6) is 0. The summed E-state index contributed by atoms with van der Waals surface area (Å²) in [6.07, 6.45) is 0. The average molecular weight is 754 g/mol. The minimum atomic E-state index is -0.145. The molecule has 10 aromatic carbocycles. The minimum Gasteiger partial charge on any atom is -0.456 e. The third-order valence-electron chi connectivity index (χ3n) is 12.9. The lowest BCUT2D eigenvalue weighted by Gasteiger charge is -2.31. The van der Waals surface area contributed by atoms with E-state index >= 15 is 0 Å². The van der Waals surface area contributed by atoms with Crippen LogP contribution in [0.25, 0.3) is 87.6 Å². The van der Waals surface area contributed by atoms with Gasteiger partial charge in [0.25, 0.3) is 0 Å². The van der Waals surface area contributed by atoms with Crippen LogP contribution in [0.3, 0.4) is 0 Å². The highest BCUT2D eigenvalue weighted by atomic mass is 16.3. The van der Waals surface area contributed by atoms with Crippen LogP contribution in [-0.4, -0.2) is 0 Å². The molecule has 0 N–H and O–H groups in total. The van der Waals surface area contributed by atoms with Gasteiger partial charge in [-0.05, 0) is 103 Å². The Labute approximate surface area is 343 Å². The quantitative estimate of drug-likeness (QED) is 0.163. The summed E-state index contributed by atoms with van der Waals surface area (Å²) in [7, 11) is 0. The molecule has 0 amide bonds. The Kier molecular flexibility index (Phi) is 7.31. The topological polar surface area (TPSA) is 16.4 Å². The molecule has 11 aromatic rings. The second kappa shape index (κ2) is 12.8. The molecule has 1 aliphatic carbocycles. The van der Waals surface area contributed by atoms with Crippen molar-refractivity contribution in [2.75, 3.05) is 4.90 Å². The zero-order valence-corrected chi connectivity index (χ0v) is 32.9. The number of rotatable bonds is 5. The van der Waals surface area contributed by atoms with Gasteiger partial charge in [-0.15, -0.1) is 0 Å². The van der Waals surface area contributed by atoms with E-state index in [2.05, 4.69) is 213 Å². The molecule has 12 rings (SSSR count). The van der Waals surface area contributed by atoms with Crippen LogP contribution in [0.15, 0.2) is 205 Å². The zero-order valence-electron chi connectivity index (χ0n) is 32.9. The first kappa shape index (κ1) is 33.7. The standard InChI is InChI=1S/C57H39NO/c1-57(2)48-27-12-8-20-39(48)40-32-31-37(35-49(40)57)58(50-28-13-9-19-38(50)36-17-4-3-5-18-36)51-29-14-10-21-41(51)42-25-16-26-44-46-33-34-53-56(47-24-11-15-30-52(47)59-53)55(46)45-23-7-6-22-43(45)54(42)44/h3-35H,1-2H3. The fraction of sp³-hybridized carbons (Fsp3) is 0.0526. The van der Waals surface area contributed by atoms with Gasteiger partial charge in [-0.3, -0.25) is 0 Å². The van der Waals surface area contributed by atoms with Crippen LogP contribution in [0.1, 0.15) is 25.0 Å². The van der Waals surface area contributed by atoms with E-state index in [1.807, 2.05) is 6.07 Å². The highest BCUT2D eigenvalue weighted by Gasteiger charge is 2.36. The van der Waals surface area contributed by atoms with Gasteiger partial charge in [0.2, 0.25) is 0 Å². The molecule has 0 spiro atoms. The molecule has 0 bridgehead atoms. The second-order valence-corrected chi connectivity index (χ2v) is 16.4. The van der Waals surface area contributed by atoms with E-state index < -0.39 is 0 Å². The summed E-state index contributed by atoms with van der Waals surface area (Å²) in [5.41, 5.74) is 15.1. The van der Waals surface area contributed by atoms with Gasteiger partial charge in [0.15, 0.2) is 0 Å². The molecule has 1 aromatic heterocycles. The number of nitrogens with zero attached hydrogens (tertiary/aromatic N) is 1. The number of hydrogen-bond acceptors (Lipinski definition) is 2. The van der Waals surface area contributed by atoms with Crippen LogP contribution in [0, 0.1) is 0 Å². The van der Waals surface area contributed by atoms with E-state index in [0.717, 1.165) is 33.6 Å². The molecule has 59 heavy (non-hydrogen) atoms. The lowest BCUT2D eigenvalue weighted by Crippen LogP contribution is -2.17. The van der Waals surface area contributed by atoms with Crippen LogP contribution >= 0.6 is 0 Å². The van der Waals surface area contributed by atoms with Gasteiger partial charge in [0, 0.05) is 38.4 Å². The van der Waals surface area contributed by atoms with Crippen molar-refractivity contribution < 1.29 is 4.42 Å². The number of hydrogen-bond donors (Lipinski definition) is 0. The number of benzene rings is 10. The summed E-state index contributed by atoms with van der Waals surface area (Å²) < 4.78 is 6.44. The maximum Gasteiger partial charge on any atom is 0.136 e. The molecule has 0 radical (unpaired) electrons. The third-order valence-corrected chi connectivity index (χ3v) is 12.9. The Balaban J connectivity index is 1.16. The van der Waals surface area contributed by atoms with Crippen LogP contribution in [-0.2, 0) is 5.41 Å². The van der Waals surface area contributed by atoms with Crippen LogP contribution < -0.4 is 4.90 Å². The number of fused-ring (bicyclic) bond motifs is 13. The van der Waals surface area contributed by atoms with Gasteiger partial charge in [-0.1, -0.05) is 172 Å². The summed E-state index contributed by atoms with van der Waals surface area (Å²) in [6.45, 7) is 4.73. The molecule has 0 saturated heterocycles. The van der Waals surface area contributed by atoms with Gasteiger partial charge in [0.05, 0.1) is 11.4 Å². The lowest BCUT2D eigenvalue weighted by molar-refractivity contribution is 0.660. The zero-order chi connectivity index (χ0) is 39.2. The van der Waals surface area contributed by atoms with E-state index in [0.29, 0.717) is 0 Å².